The average Bonchev–Trinajstić information content (AvgIpc) is 2.35. The number of non-ortho nitro benzene ring substituents is 1. The number of carbonyl (C=O) groups is 1. The van der Waals surface area contributed by atoms with Gasteiger partial charge < -0.3 is 4.74 Å². The minimum atomic E-state index is -4.71. The number of ether oxygens (including phenoxy) is 1. The van der Waals surface area contributed by atoms with Crippen LogP contribution in [0.25, 0.3) is 6.08 Å². The molecular formula is C12H10F3NO4. The average molecular weight is 289 g/mol. The predicted octanol–water partition coefficient (Wildman–Crippen LogP) is 3.19. The monoisotopic (exact) mass is 289 g/mol. The molecule has 8 heteroatoms. The second kappa shape index (κ2) is 6.18. The van der Waals surface area contributed by atoms with Crippen LogP contribution in [0, 0.1) is 10.1 Å². The van der Waals surface area contributed by atoms with Gasteiger partial charge in [0.25, 0.3) is 5.69 Å². The summed E-state index contributed by atoms with van der Waals surface area (Å²) in [6.45, 7) is 1.69. The van der Waals surface area contributed by atoms with Gasteiger partial charge in [-0.1, -0.05) is 0 Å². The minimum absolute atomic E-state index is 0.112. The zero-order valence-electron chi connectivity index (χ0n) is 10.3. The maximum atomic E-state index is 12.6. The van der Waals surface area contributed by atoms with Crippen LogP contribution >= 0.6 is 0 Å². The Balaban J connectivity index is 3.16. The number of halogens is 3. The van der Waals surface area contributed by atoms with Crippen molar-refractivity contribution in [1.82, 2.24) is 0 Å². The lowest BCUT2D eigenvalue weighted by atomic mass is 10.1. The molecular weight excluding hydrogens is 279 g/mol. The van der Waals surface area contributed by atoms with Gasteiger partial charge in [-0.3, -0.25) is 10.1 Å². The molecule has 0 N–H and O–H groups in total. The molecule has 0 radical (unpaired) electrons. The summed E-state index contributed by atoms with van der Waals surface area (Å²) in [6, 6.07) is 2.08. The van der Waals surface area contributed by atoms with Crippen molar-refractivity contribution >= 4 is 17.7 Å². The first-order valence-corrected chi connectivity index (χ1v) is 5.45. The van der Waals surface area contributed by atoms with E-state index in [1.807, 2.05) is 0 Å². The lowest BCUT2D eigenvalue weighted by Gasteiger charge is -2.07. The van der Waals surface area contributed by atoms with Crippen molar-refractivity contribution in [3.05, 3.63) is 45.5 Å². The molecule has 5 nitrogen and oxygen atoms in total. The summed E-state index contributed by atoms with van der Waals surface area (Å²) >= 11 is 0. The number of rotatable bonds is 4. The number of carbonyl (C=O) groups excluding carboxylic acids is 1. The Bertz CT molecular complexity index is 552. The summed E-state index contributed by atoms with van der Waals surface area (Å²) < 4.78 is 42.3. The molecule has 0 spiro atoms. The SMILES string of the molecule is CCOC(=O)/C=C/c1cc([N+](=O)[O-])cc(C(F)(F)F)c1. The van der Waals surface area contributed by atoms with Crippen LogP contribution in [0.3, 0.4) is 0 Å². The molecule has 0 saturated heterocycles. The topological polar surface area (TPSA) is 69.4 Å². The van der Waals surface area contributed by atoms with Crippen molar-refractivity contribution in [2.24, 2.45) is 0 Å². The summed E-state index contributed by atoms with van der Waals surface area (Å²) in [7, 11) is 0. The molecule has 0 amide bonds. The standard InChI is InChI=1S/C12H10F3NO4/c1-2-20-11(17)4-3-8-5-9(12(13,14)15)7-10(6-8)16(18)19/h3-7H,2H2,1H3/b4-3+. The summed E-state index contributed by atoms with van der Waals surface area (Å²) in [4.78, 5) is 20.7. The highest BCUT2D eigenvalue weighted by Gasteiger charge is 2.32. The van der Waals surface area contributed by atoms with Crippen molar-refractivity contribution < 1.29 is 27.6 Å². The highest BCUT2D eigenvalue weighted by atomic mass is 19.4. The maximum Gasteiger partial charge on any atom is 0.416 e. The molecule has 0 aromatic heterocycles. The van der Waals surface area contributed by atoms with Gasteiger partial charge in [0.1, 0.15) is 0 Å². The third-order valence-corrected chi connectivity index (χ3v) is 2.18. The Morgan fingerprint density at radius 1 is 1.40 bits per heavy atom. The highest BCUT2D eigenvalue weighted by molar-refractivity contribution is 5.87. The van der Waals surface area contributed by atoms with E-state index in [0.717, 1.165) is 18.2 Å². The van der Waals surface area contributed by atoms with Gasteiger partial charge in [-0.05, 0) is 24.6 Å². The lowest BCUT2D eigenvalue weighted by molar-refractivity contribution is -0.385. The van der Waals surface area contributed by atoms with Crippen molar-refractivity contribution in [3.63, 3.8) is 0 Å². The van der Waals surface area contributed by atoms with Gasteiger partial charge in [0.15, 0.2) is 0 Å². The number of nitro groups is 1. The first-order chi connectivity index (χ1) is 9.24. The van der Waals surface area contributed by atoms with Gasteiger partial charge in [0.2, 0.25) is 0 Å². The van der Waals surface area contributed by atoms with Crippen LogP contribution in [-0.4, -0.2) is 17.5 Å². The van der Waals surface area contributed by atoms with Gasteiger partial charge in [-0.2, -0.15) is 13.2 Å². The molecule has 0 aliphatic rings. The summed E-state index contributed by atoms with van der Waals surface area (Å²) in [6.07, 6.45) is -2.78. The van der Waals surface area contributed by atoms with E-state index in [1.54, 1.807) is 6.92 Å². The van der Waals surface area contributed by atoms with E-state index in [1.165, 1.54) is 0 Å². The molecule has 0 atom stereocenters. The first kappa shape index (κ1) is 15.7. The van der Waals surface area contributed by atoms with E-state index in [4.69, 9.17) is 0 Å². The van der Waals surface area contributed by atoms with Crippen LogP contribution < -0.4 is 0 Å². The quantitative estimate of drug-likeness (QED) is 0.369. The molecule has 0 fully saturated rings. The third-order valence-electron chi connectivity index (χ3n) is 2.18. The lowest BCUT2D eigenvalue weighted by Crippen LogP contribution is -2.06. The van der Waals surface area contributed by atoms with Gasteiger partial charge >= 0.3 is 12.1 Å². The smallest absolute Gasteiger partial charge is 0.416 e. The van der Waals surface area contributed by atoms with Gasteiger partial charge in [-0.15, -0.1) is 0 Å². The molecule has 108 valence electrons. The molecule has 20 heavy (non-hydrogen) atoms. The number of esters is 1. The molecule has 0 aliphatic heterocycles. The second-order valence-corrected chi connectivity index (χ2v) is 3.65. The zero-order valence-corrected chi connectivity index (χ0v) is 10.3. The van der Waals surface area contributed by atoms with Gasteiger partial charge in [0.05, 0.1) is 17.1 Å². The highest BCUT2D eigenvalue weighted by Crippen LogP contribution is 2.32. The van der Waals surface area contributed by atoms with E-state index >= 15 is 0 Å². The van der Waals surface area contributed by atoms with Gasteiger partial charge in [-0.25, -0.2) is 4.79 Å². The Morgan fingerprint density at radius 3 is 2.55 bits per heavy atom. The Morgan fingerprint density at radius 2 is 2.05 bits per heavy atom. The molecule has 1 aromatic carbocycles. The van der Waals surface area contributed by atoms with E-state index in [-0.39, 0.29) is 12.2 Å². The Labute approximate surface area is 111 Å². The fourth-order valence-electron chi connectivity index (χ4n) is 1.35. The molecule has 0 saturated carbocycles. The third kappa shape index (κ3) is 4.38. The second-order valence-electron chi connectivity index (χ2n) is 3.65. The summed E-state index contributed by atoms with van der Waals surface area (Å²) in [5.41, 5.74) is -1.97. The van der Waals surface area contributed by atoms with Crippen LogP contribution in [0.1, 0.15) is 18.1 Å². The fraction of sp³-hybridized carbons (Fsp3) is 0.250. The van der Waals surface area contributed by atoms with Crippen LogP contribution in [0.2, 0.25) is 0 Å². The van der Waals surface area contributed by atoms with E-state index in [0.29, 0.717) is 12.1 Å². The minimum Gasteiger partial charge on any atom is -0.463 e. The number of alkyl halides is 3. The predicted molar refractivity (Wildman–Crippen MR) is 63.8 cm³/mol. The maximum absolute atomic E-state index is 12.6. The molecule has 0 aliphatic carbocycles. The number of hydrogen-bond acceptors (Lipinski definition) is 4. The Kier molecular flexibility index (Phi) is 4.84. The number of hydrogen-bond donors (Lipinski definition) is 0. The molecule has 0 heterocycles. The molecule has 0 bridgehead atoms. The van der Waals surface area contributed by atoms with E-state index in [2.05, 4.69) is 4.74 Å². The van der Waals surface area contributed by atoms with Crippen LogP contribution in [0.5, 0.6) is 0 Å². The molecule has 1 rings (SSSR count). The number of nitro benzene ring substituents is 1. The first-order valence-electron chi connectivity index (χ1n) is 5.45. The molecule has 0 unspecified atom stereocenters. The van der Waals surface area contributed by atoms with Crippen molar-refractivity contribution in [2.75, 3.05) is 6.61 Å². The summed E-state index contributed by atoms with van der Waals surface area (Å²) in [5, 5.41) is 10.6. The normalized spacial score (nSPS) is 11.6. The zero-order chi connectivity index (χ0) is 15.3. The van der Waals surface area contributed by atoms with Crippen molar-refractivity contribution in [1.29, 1.82) is 0 Å². The van der Waals surface area contributed by atoms with Crippen molar-refractivity contribution in [3.8, 4) is 0 Å². The van der Waals surface area contributed by atoms with Crippen LogP contribution in [0.4, 0.5) is 18.9 Å². The number of nitrogens with zero attached hydrogens (tertiary/aromatic N) is 1. The molecule has 1 aromatic rings. The van der Waals surface area contributed by atoms with Crippen LogP contribution in [0.15, 0.2) is 24.3 Å². The largest absolute Gasteiger partial charge is 0.463 e. The van der Waals surface area contributed by atoms with Crippen molar-refractivity contribution in [2.45, 2.75) is 13.1 Å². The van der Waals surface area contributed by atoms with E-state index in [9.17, 15) is 28.1 Å². The van der Waals surface area contributed by atoms with E-state index < -0.39 is 28.3 Å². The fourth-order valence-corrected chi connectivity index (χ4v) is 1.35. The van der Waals surface area contributed by atoms with Gasteiger partial charge in [0, 0.05) is 18.2 Å². The Hall–Kier alpha value is -2.38. The number of benzene rings is 1. The van der Waals surface area contributed by atoms with Crippen LogP contribution in [-0.2, 0) is 15.7 Å². The summed E-state index contributed by atoms with van der Waals surface area (Å²) in [5.74, 6) is -0.743.